The minimum atomic E-state index is -4.03. The second-order valence-electron chi connectivity index (χ2n) is 10.6. The van der Waals surface area contributed by atoms with Crippen molar-refractivity contribution in [2.45, 2.75) is 50.2 Å². The van der Waals surface area contributed by atoms with Gasteiger partial charge in [-0.15, -0.1) is 0 Å². The molecular weight excluding hydrogens is 605 g/mol. The van der Waals surface area contributed by atoms with Crippen LogP contribution in [-0.4, -0.2) is 55.1 Å². The average Bonchev–Trinajstić information content (AvgIpc) is 3.00. The lowest BCUT2D eigenvalue weighted by molar-refractivity contribution is -0.141. The molecule has 10 heteroatoms. The van der Waals surface area contributed by atoms with Gasteiger partial charge in [0, 0.05) is 26.1 Å². The maximum atomic E-state index is 14.1. The van der Waals surface area contributed by atoms with Gasteiger partial charge >= 0.3 is 0 Å². The van der Waals surface area contributed by atoms with Gasteiger partial charge in [0.05, 0.1) is 21.5 Å². The second kappa shape index (κ2) is 14.4. The smallest absolute Gasteiger partial charge is 0.243 e. The normalized spacial score (nSPS) is 13.1. The lowest BCUT2D eigenvalue weighted by Crippen LogP contribution is -2.54. The summed E-state index contributed by atoms with van der Waals surface area (Å²) in [5.41, 5.74) is 1.51. The van der Waals surface area contributed by atoms with Crippen LogP contribution in [0.1, 0.15) is 31.4 Å². The fourth-order valence-electron chi connectivity index (χ4n) is 4.70. The Morgan fingerprint density at radius 1 is 0.837 bits per heavy atom. The van der Waals surface area contributed by atoms with E-state index in [1.807, 2.05) is 68.4 Å². The van der Waals surface area contributed by atoms with Crippen LogP contribution in [0.2, 0.25) is 10.0 Å². The van der Waals surface area contributed by atoms with Gasteiger partial charge in [0.2, 0.25) is 21.8 Å². The fraction of sp³-hybridized carbons (Fsp3) is 0.273. The first-order valence-corrected chi connectivity index (χ1v) is 16.2. The summed E-state index contributed by atoms with van der Waals surface area (Å²) in [6.45, 7) is 3.40. The molecule has 0 saturated carbocycles. The molecule has 0 aromatic heterocycles. The molecule has 0 fully saturated rings. The third kappa shape index (κ3) is 8.15. The molecule has 2 amide bonds. The average molecular weight is 641 g/mol. The van der Waals surface area contributed by atoms with E-state index in [9.17, 15) is 18.0 Å². The molecule has 0 spiro atoms. The van der Waals surface area contributed by atoms with Gasteiger partial charge in [0.25, 0.3) is 0 Å². The molecule has 4 aromatic rings. The van der Waals surface area contributed by atoms with E-state index in [2.05, 4.69) is 5.32 Å². The standard InChI is InChI=1S/C33H35Cl2N3O4S/c1-4-23(2)36-33(40)31(19-24-10-6-5-7-11-24)38(21-25-14-17-29(34)30(35)18-25)32(39)22-37(3)43(41,42)28-16-15-26-12-8-9-13-27(26)20-28/h5-18,20,23,31H,4,19,21-22H2,1-3H3,(H,36,40). The number of carbonyl (C=O) groups is 2. The van der Waals surface area contributed by atoms with Crippen LogP contribution in [-0.2, 0) is 32.6 Å². The molecule has 0 aliphatic carbocycles. The summed E-state index contributed by atoms with van der Waals surface area (Å²) in [6, 6.07) is 25.7. The molecule has 4 rings (SSSR count). The molecule has 226 valence electrons. The molecule has 0 heterocycles. The van der Waals surface area contributed by atoms with E-state index in [4.69, 9.17) is 23.2 Å². The van der Waals surface area contributed by atoms with Crippen molar-refractivity contribution in [3.8, 4) is 0 Å². The number of rotatable bonds is 12. The predicted octanol–water partition coefficient (Wildman–Crippen LogP) is 6.32. The van der Waals surface area contributed by atoms with Crippen LogP contribution in [0.4, 0.5) is 0 Å². The Hall–Kier alpha value is -3.43. The monoisotopic (exact) mass is 639 g/mol. The zero-order valence-corrected chi connectivity index (χ0v) is 26.7. The van der Waals surface area contributed by atoms with Crippen LogP contribution in [0.15, 0.2) is 95.9 Å². The first-order chi connectivity index (χ1) is 20.5. The molecule has 0 saturated heterocycles. The molecule has 0 aliphatic rings. The van der Waals surface area contributed by atoms with E-state index >= 15 is 0 Å². The minimum Gasteiger partial charge on any atom is -0.352 e. The highest BCUT2D eigenvalue weighted by molar-refractivity contribution is 7.89. The molecular formula is C33H35Cl2N3O4S. The number of halogens is 2. The van der Waals surface area contributed by atoms with Gasteiger partial charge < -0.3 is 10.2 Å². The summed E-state index contributed by atoms with van der Waals surface area (Å²) in [4.78, 5) is 29.3. The zero-order valence-electron chi connectivity index (χ0n) is 24.3. The molecule has 43 heavy (non-hydrogen) atoms. The largest absolute Gasteiger partial charge is 0.352 e. The summed E-state index contributed by atoms with van der Waals surface area (Å²) >= 11 is 12.4. The molecule has 0 bridgehead atoms. The van der Waals surface area contributed by atoms with Crippen LogP contribution >= 0.6 is 23.2 Å². The third-order valence-corrected chi connectivity index (χ3v) is 9.93. The Morgan fingerprint density at radius 2 is 1.51 bits per heavy atom. The maximum Gasteiger partial charge on any atom is 0.243 e. The number of fused-ring (bicyclic) bond motifs is 1. The predicted molar refractivity (Wildman–Crippen MR) is 173 cm³/mol. The van der Waals surface area contributed by atoms with Crippen molar-refractivity contribution in [2.24, 2.45) is 0 Å². The van der Waals surface area contributed by atoms with Gasteiger partial charge in [-0.3, -0.25) is 9.59 Å². The molecule has 4 aromatic carbocycles. The second-order valence-corrected chi connectivity index (χ2v) is 13.4. The number of sulfonamides is 1. The number of amides is 2. The Bertz CT molecular complexity index is 1700. The van der Waals surface area contributed by atoms with E-state index in [1.54, 1.807) is 30.3 Å². The van der Waals surface area contributed by atoms with Crippen molar-refractivity contribution in [1.29, 1.82) is 0 Å². The lowest BCUT2D eigenvalue weighted by Gasteiger charge is -2.33. The number of nitrogens with one attached hydrogen (secondary N) is 1. The van der Waals surface area contributed by atoms with Gasteiger partial charge in [-0.25, -0.2) is 8.42 Å². The van der Waals surface area contributed by atoms with Crippen molar-refractivity contribution < 1.29 is 18.0 Å². The van der Waals surface area contributed by atoms with Gasteiger partial charge in [0.1, 0.15) is 6.04 Å². The van der Waals surface area contributed by atoms with Gasteiger partial charge in [-0.1, -0.05) is 96.9 Å². The van der Waals surface area contributed by atoms with Gasteiger partial charge in [-0.05, 0) is 59.5 Å². The quantitative estimate of drug-likeness (QED) is 0.196. The molecule has 1 N–H and O–H groups in total. The maximum absolute atomic E-state index is 14.1. The molecule has 0 aliphatic heterocycles. The number of hydrogen-bond donors (Lipinski definition) is 1. The lowest BCUT2D eigenvalue weighted by atomic mass is 10.0. The summed E-state index contributed by atoms with van der Waals surface area (Å²) in [7, 11) is -2.66. The van der Waals surface area contributed by atoms with E-state index in [1.165, 1.54) is 18.0 Å². The van der Waals surface area contributed by atoms with Crippen LogP contribution in [0.25, 0.3) is 10.8 Å². The topological polar surface area (TPSA) is 86.8 Å². The summed E-state index contributed by atoms with van der Waals surface area (Å²) in [6.07, 6.45) is 0.939. The highest BCUT2D eigenvalue weighted by atomic mass is 35.5. The van der Waals surface area contributed by atoms with Crippen molar-refractivity contribution >= 4 is 55.8 Å². The van der Waals surface area contributed by atoms with Crippen LogP contribution in [0.3, 0.4) is 0 Å². The van der Waals surface area contributed by atoms with E-state index in [-0.39, 0.29) is 29.8 Å². The highest BCUT2D eigenvalue weighted by Gasteiger charge is 2.33. The Labute approximate surface area is 263 Å². The highest BCUT2D eigenvalue weighted by Crippen LogP contribution is 2.25. The fourth-order valence-corrected chi connectivity index (χ4v) is 6.18. The SMILES string of the molecule is CCC(C)NC(=O)C(Cc1ccccc1)N(Cc1ccc(Cl)c(Cl)c1)C(=O)CN(C)S(=O)(=O)c1ccc2ccccc2c1. The third-order valence-electron chi connectivity index (χ3n) is 7.40. The molecule has 7 nitrogen and oxygen atoms in total. The van der Waals surface area contributed by atoms with Crippen molar-refractivity contribution in [2.75, 3.05) is 13.6 Å². The summed E-state index contributed by atoms with van der Waals surface area (Å²) < 4.78 is 28.2. The summed E-state index contributed by atoms with van der Waals surface area (Å²) in [5, 5.41) is 5.36. The van der Waals surface area contributed by atoms with Crippen molar-refractivity contribution in [3.05, 3.63) is 112 Å². The number of nitrogens with zero attached hydrogens (tertiary/aromatic N) is 2. The van der Waals surface area contributed by atoms with Gasteiger partial charge in [0.15, 0.2) is 0 Å². The number of benzene rings is 4. The Kier molecular flexibility index (Phi) is 10.8. The van der Waals surface area contributed by atoms with Gasteiger partial charge in [-0.2, -0.15) is 4.31 Å². The Morgan fingerprint density at radius 3 is 2.19 bits per heavy atom. The number of hydrogen-bond acceptors (Lipinski definition) is 4. The van der Waals surface area contributed by atoms with Crippen molar-refractivity contribution in [1.82, 2.24) is 14.5 Å². The first kappa shape index (κ1) is 32.5. The first-order valence-electron chi connectivity index (χ1n) is 14.0. The number of likely N-dealkylation sites (N-methyl/N-ethyl adjacent to an activating group) is 1. The number of carbonyl (C=O) groups excluding carboxylic acids is 2. The van der Waals surface area contributed by atoms with Crippen molar-refractivity contribution in [3.63, 3.8) is 0 Å². The van der Waals surface area contributed by atoms with Crippen LogP contribution < -0.4 is 5.32 Å². The zero-order chi connectivity index (χ0) is 31.1. The molecule has 2 unspecified atom stereocenters. The molecule has 0 radical (unpaired) electrons. The van der Waals surface area contributed by atoms with Crippen LogP contribution in [0, 0.1) is 0 Å². The summed E-state index contributed by atoms with van der Waals surface area (Å²) in [5.74, 6) is -0.857. The van der Waals surface area contributed by atoms with Crippen LogP contribution in [0.5, 0.6) is 0 Å². The van der Waals surface area contributed by atoms with E-state index < -0.39 is 28.5 Å². The minimum absolute atomic E-state index is 0.0189. The molecule has 2 atom stereocenters. The van der Waals surface area contributed by atoms with E-state index in [0.717, 1.165) is 20.6 Å². The Balaban J connectivity index is 1.69. The van der Waals surface area contributed by atoms with E-state index in [0.29, 0.717) is 22.0 Å².